The van der Waals surface area contributed by atoms with Crippen molar-refractivity contribution in [2.75, 3.05) is 13.6 Å². The van der Waals surface area contributed by atoms with E-state index in [0.29, 0.717) is 5.92 Å². The molecule has 0 aromatic rings. The molecule has 0 aromatic heterocycles. The Hall–Kier alpha value is -0.570. The predicted molar refractivity (Wildman–Crippen MR) is 47.0 cm³/mol. The van der Waals surface area contributed by atoms with Crippen molar-refractivity contribution in [2.45, 2.75) is 25.7 Å². The number of carbonyl (C=O) groups is 1. The maximum absolute atomic E-state index is 10.6. The average molecular weight is 171 g/mol. The third kappa shape index (κ3) is 2.48. The second kappa shape index (κ2) is 4.45. The Balaban J connectivity index is 2.25. The van der Waals surface area contributed by atoms with E-state index in [-0.39, 0.29) is 5.92 Å². The van der Waals surface area contributed by atoms with Gasteiger partial charge in [0.15, 0.2) is 0 Å². The van der Waals surface area contributed by atoms with Crippen LogP contribution < -0.4 is 5.32 Å². The highest BCUT2D eigenvalue weighted by Gasteiger charge is 2.25. The van der Waals surface area contributed by atoms with Crippen LogP contribution in [0.2, 0.25) is 0 Å². The zero-order chi connectivity index (χ0) is 8.97. The van der Waals surface area contributed by atoms with Crippen molar-refractivity contribution in [1.82, 2.24) is 5.32 Å². The van der Waals surface area contributed by atoms with Gasteiger partial charge in [0.25, 0.3) is 0 Å². The van der Waals surface area contributed by atoms with Crippen LogP contribution in [0.5, 0.6) is 0 Å². The number of hydrogen-bond donors (Lipinski definition) is 2. The van der Waals surface area contributed by atoms with Crippen molar-refractivity contribution < 1.29 is 9.90 Å². The van der Waals surface area contributed by atoms with Gasteiger partial charge in [-0.15, -0.1) is 0 Å². The Morgan fingerprint density at radius 3 is 2.42 bits per heavy atom. The van der Waals surface area contributed by atoms with E-state index in [4.69, 9.17) is 5.11 Å². The standard InChI is InChI=1S/C9H17NO2/c1-10-6-7-2-4-8(5-3-7)9(11)12/h7-8,10H,2-6H2,1H3,(H,11,12)/t7-,8-. The first-order chi connectivity index (χ1) is 5.74. The summed E-state index contributed by atoms with van der Waals surface area (Å²) in [6.45, 7) is 1.03. The summed E-state index contributed by atoms with van der Waals surface area (Å²) < 4.78 is 0. The lowest BCUT2D eigenvalue weighted by Gasteiger charge is -2.25. The summed E-state index contributed by atoms with van der Waals surface area (Å²) >= 11 is 0. The Kier molecular flexibility index (Phi) is 3.53. The van der Waals surface area contributed by atoms with E-state index in [2.05, 4.69) is 5.32 Å². The zero-order valence-corrected chi connectivity index (χ0v) is 7.55. The van der Waals surface area contributed by atoms with Crippen molar-refractivity contribution >= 4 is 5.97 Å². The van der Waals surface area contributed by atoms with Crippen LogP contribution in [-0.2, 0) is 4.79 Å². The van der Waals surface area contributed by atoms with Gasteiger partial charge in [0.05, 0.1) is 5.92 Å². The highest BCUT2D eigenvalue weighted by atomic mass is 16.4. The Labute approximate surface area is 73.2 Å². The first-order valence-corrected chi connectivity index (χ1v) is 4.61. The minimum atomic E-state index is -0.613. The molecule has 0 spiro atoms. The van der Waals surface area contributed by atoms with Crippen LogP contribution in [0.3, 0.4) is 0 Å². The Bertz CT molecular complexity index is 151. The summed E-state index contributed by atoms with van der Waals surface area (Å²) in [7, 11) is 1.95. The molecule has 12 heavy (non-hydrogen) atoms. The summed E-state index contributed by atoms with van der Waals surface area (Å²) in [5.74, 6) is 0.0154. The van der Waals surface area contributed by atoms with Gasteiger partial charge in [0, 0.05) is 0 Å². The van der Waals surface area contributed by atoms with Gasteiger partial charge in [0.2, 0.25) is 0 Å². The van der Waals surface area contributed by atoms with Gasteiger partial charge in [-0.3, -0.25) is 4.79 Å². The molecule has 70 valence electrons. The smallest absolute Gasteiger partial charge is 0.306 e. The van der Waals surface area contributed by atoms with Crippen molar-refractivity contribution in [1.29, 1.82) is 0 Å². The molecule has 1 rings (SSSR count). The first-order valence-electron chi connectivity index (χ1n) is 4.61. The second-order valence-corrected chi connectivity index (χ2v) is 3.61. The molecule has 1 saturated carbocycles. The molecular formula is C9H17NO2. The molecule has 0 aromatic carbocycles. The van der Waals surface area contributed by atoms with Crippen LogP contribution in [0.15, 0.2) is 0 Å². The molecule has 1 aliphatic carbocycles. The van der Waals surface area contributed by atoms with E-state index in [9.17, 15) is 4.79 Å². The Morgan fingerprint density at radius 2 is 2.00 bits per heavy atom. The summed E-state index contributed by atoms with van der Waals surface area (Å²) in [6, 6.07) is 0. The third-order valence-electron chi connectivity index (χ3n) is 2.69. The quantitative estimate of drug-likeness (QED) is 0.668. The van der Waals surface area contributed by atoms with Gasteiger partial charge in [-0.1, -0.05) is 0 Å². The molecule has 0 atom stereocenters. The molecule has 0 heterocycles. The number of carboxylic acids is 1. The van der Waals surface area contributed by atoms with Crippen LogP contribution in [0.25, 0.3) is 0 Å². The lowest BCUT2D eigenvalue weighted by molar-refractivity contribution is -0.143. The highest BCUT2D eigenvalue weighted by Crippen LogP contribution is 2.28. The highest BCUT2D eigenvalue weighted by molar-refractivity contribution is 5.69. The van der Waals surface area contributed by atoms with Crippen LogP contribution in [0, 0.1) is 11.8 Å². The molecule has 0 aliphatic heterocycles. The minimum Gasteiger partial charge on any atom is -0.481 e. The lowest BCUT2D eigenvalue weighted by atomic mass is 9.82. The van der Waals surface area contributed by atoms with Crippen LogP contribution >= 0.6 is 0 Å². The maximum Gasteiger partial charge on any atom is 0.306 e. The summed E-state index contributed by atoms with van der Waals surface area (Å²) in [5, 5.41) is 11.9. The Morgan fingerprint density at radius 1 is 1.42 bits per heavy atom. The third-order valence-corrected chi connectivity index (χ3v) is 2.69. The van der Waals surface area contributed by atoms with E-state index < -0.39 is 5.97 Å². The molecule has 2 N–H and O–H groups in total. The van der Waals surface area contributed by atoms with E-state index in [1.807, 2.05) is 7.05 Å². The van der Waals surface area contributed by atoms with Gasteiger partial charge in [0.1, 0.15) is 0 Å². The number of carboxylic acid groups (broad SMARTS) is 1. The van der Waals surface area contributed by atoms with Gasteiger partial charge in [-0.25, -0.2) is 0 Å². The molecular weight excluding hydrogens is 154 g/mol. The molecule has 3 heteroatoms. The van der Waals surface area contributed by atoms with E-state index in [1.54, 1.807) is 0 Å². The fourth-order valence-electron chi connectivity index (χ4n) is 1.90. The molecule has 1 aliphatic rings. The maximum atomic E-state index is 10.6. The molecule has 0 bridgehead atoms. The van der Waals surface area contributed by atoms with Gasteiger partial charge >= 0.3 is 5.97 Å². The fraction of sp³-hybridized carbons (Fsp3) is 0.889. The largest absolute Gasteiger partial charge is 0.481 e. The molecule has 3 nitrogen and oxygen atoms in total. The van der Waals surface area contributed by atoms with Crippen LogP contribution in [-0.4, -0.2) is 24.7 Å². The number of rotatable bonds is 3. The topological polar surface area (TPSA) is 49.3 Å². The molecule has 0 amide bonds. The second-order valence-electron chi connectivity index (χ2n) is 3.61. The molecule has 0 radical (unpaired) electrons. The minimum absolute atomic E-state index is 0.0712. The van der Waals surface area contributed by atoms with E-state index >= 15 is 0 Å². The zero-order valence-electron chi connectivity index (χ0n) is 7.55. The van der Waals surface area contributed by atoms with Crippen molar-refractivity contribution in [3.63, 3.8) is 0 Å². The number of aliphatic carboxylic acids is 1. The van der Waals surface area contributed by atoms with Gasteiger partial charge in [-0.2, -0.15) is 0 Å². The van der Waals surface area contributed by atoms with Crippen LogP contribution in [0.1, 0.15) is 25.7 Å². The number of hydrogen-bond acceptors (Lipinski definition) is 2. The van der Waals surface area contributed by atoms with Crippen molar-refractivity contribution in [3.05, 3.63) is 0 Å². The van der Waals surface area contributed by atoms with Crippen LogP contribution in [0.4, 0.5) is 0 Å². The average Bonchev–Trinajstić information content (AvgIpc) is 2.06. The van der Waals surface area contributed by atoms with Crippen molar-refractivity contribution in [2.24, 2.45) is 11.8 Å². The summed E-state index contributed by atoms with van der Waals surface area (Å²) in [5.41, 5.74) is 0. The SMILES string of the molecule is CNC[C@H]1CC[C@H](C(=O)O)CC1. The van der Waals surface area contributed by atoms with E-state index in [1.165, 1.54) is 0 Å². The predicted octanol–water partition coefficient (Wildman–Crippen LogP) is 1.10. The molecule has 1 fully saturated rings. The monoisotopic (exact) mass is 171 g/mol. The fourth-order valence-corrected chi connectivity index (χ4v) is 1.90. The van der Waals surface area contributed by atoms with Gasteiger partial charge in [-0.05, 0) is 45.2 Å². The van der Waals surface area contributed by atoms with Crippen molar-refractivity contribution in [3.8, 4) is 0 Å². The number of nitrogens with one attached hydrogen (secondary N) is 1. The summed E-state index contributed by atoms with van der Waals surface area (Å²) in [4.78, 5) is 10.6. The summed E-state index contributed by atoms with van der Waals surface area (Å²) in [6.07, 6.45) is 3.86. The molecule has 0 unspecified atom stereocenters. The van der Waals surface area contributed by atoms with E-state index in [0.717, 1.165) is 32.2 Å². The van der Waals surface area contributed by atoms with Gasteiger partial charge < -0.3 is 10.4 Å². The normalized spacial score (nSPS) is 30.1. The molecule has 0 saturated heterocycles. The first kappa shape index (κ1) is 9.52. The lowest BCUT2D eigenvalue weighted by Crippen LogP contribution is -2.26.